The molecule has 8 nitrogen and oxygen atoms in total. The van der Waals surface area contributed by atoms with Gasteiger partial charge in [0.05, 0.1) is 12.0 Å². The highest BCUT2D eigenvalue weighted by Gasteiger charge is 2.27. The molecule has 0 bridgehead atoms. The van der Waals surface area contributed by atoms with E-state index in [-0.39, 0.29) is 29.8 Å². The Morgan fingerprint density at radius 1 is 1.16 bits per heavy atom. The number of carbonyl (C=O) groups is 1. The third-order valence-corrected chi connectivity index (χ3v) is 10.0. The summed E-state index contributed by atoms with van der Waals surface area (Å²) < 4.78 is 33.1. The van der Waals surface area contributed by atoms with Crippen LogP contribution in [0.5, 0.6) is 5.75 Å². The maximum Gasteiger partial charge on any atom is 0.243 e. The maximum absolute atomic E-state index is 13.3. The third kappa shape index (κ3) is 8.27. The van der Waals surface area contributed by atoms with Crippen molar-refractivity contribution in [2.24, 2.45) is 5.92 Å². The van der Waals surface area contributed by atoms with Crippen molar-refractivity contribution in [3.63, 3.8) is 0 Å². The number of hydrogen-bond donors (Lipinski definition) is 2. The summed E-state index contributed by atoms with van der Waals surface area (Å²) in [5, 5.41) is 6.87. The van der Waals surface area contributed by atoms with Gasteiger partial charge in [0.2, 0.25) is 15.9 Å². The van der Waals surface area contributed by atoms with Crippen molar-refractivity contribution < 1.29 is 17.9 Å². The van der Waals surface area contributed by atoms with E-state index < -0.39 is 10.0 Å². The number of nitrogens with one attached hydrogen (secondary N) is 2. The van der Waals surface area contributed by atoms with Crippen LogP contribution in [-0.4, -0.2) is 83.0 Å². The van der Waals surface area contributed by atoms with Crippen LogP contribution in [0.2, 0.25) is 0 Å². The minimum Gasteiger partial charge on any atom is -0.497 e. The maximum atomic E-state index is 13.3. The van der Waals surface area contributed by atoms with Crippen LogP contribution >= 0.6 is 0 Å². The van der Waals surface area contributed by atoms with Crippen LogP contribution < -0.4 is 15.4 Å². The molecule has 208 valence electrons. The fourth-order valence-electron chi connectivity index (χ4n) is 5.52. The minimum atomic E-state index is -3.78. The van der Waals surface area contributed by atoms with Crippen LogP contribution in [0.3, 0.4) is 0 Å². The van der Waals surface area contributed by atoms with E-state index in [1.807, 2.05) is 0 Å². The van der Waals surface area contributed by atoms with Crippen molar-refractivity contribution in [1.29, 1.82) is 0 Å². The Kier molecular flexibility index (Phi) is 11.0. The molecule has 2 aliphatic rings. The van der Waals surface area contributed by atoms with E-state index in [2.05, 4.69) is 29.2 Å². The number of sulfonamides is 1. The lowest BCUT2D eigenvalue weighted by molar-refractivity contribution is -0.122. The number of aryl methyl sites for hydroxylation is 1. The van der Waals surface area contributed by atoms with E-state index >= 15 is 0 Å². The number of hydrogen-bond acceptors (Lipinski definition) is 6. The molecule has 2 fully saturated rings. The van der Waals surface area contributed by atoms with E-state index in [1.165, 1.54) is 49.8 Å². The summed E-state index contributed by atoms with van der Waals surface area (Å²) in [6.45, 7) is 9.06. The third-order valence-electron chi connectivity index (χ3n) is 7.97. The molecule has 0 spiro atoms. The Bertz CT molecular complexity index is 1010. The Morgan fingerprint density at radius 3 is 2.46 bits per heavy atom. The number of benzene rings is 1. The van der Waals surface area contributed by atoms with E-state index in [1.54, 1.807) is 26.2 Å². The second-order valence-electron chi connectivity index (χ2n) is 10.7. The second-order valence-corrected chi connectivity index (χ2v) is 12.7. The molecule has 1 saturated carbocycles. The molecular formula is C28H46N4O4S. The highest BCUT2D eigenvalue weighted by molar-refractivity contribution is 7.89. The first-order valence-electron chi connectivity index (χ1n) is 13.6. The summed E-state index contributed by atoms with van der Waals surface area (Å²) in [4.78, 5) is 15.2. The number of ether oxygens (including phenoxy) is 1. The Hall–Kier alpha value is -1.94. The molecule has 1 heterocycles. The topological polar surface area (TPSA) is 91.0 Å². The van der Waals surface area contributed by atoms with Crippen LogP contribution in [-0.2, 0) is 14.8 Å². The zero-order valence-corrected chi connectivity index (χ0v) is 23.9. The number of likely N-dealkylation sites (tertiary alicyclic amines) is 1. The van der Waals surface area contributed by atoms with Crippen LogP contribution in [0, 0.1) is 12.8 Å². The normalized spacial score (nSPS) is 21.6. The van der Waals surface area contributed by atoms with Crippen molar-refractivity contribution in [3.8, 4) is 5.75 Å². The number of amides is 1. The van der Waals surface area contributed by atoms with Crippen molar-refractivity contribution >= 4 is 22.0 Å². The summed E-state index contributed by atoms with van der Waals surface area (Å²) in [6.07, 6.45) is 9.58. The highest BCUT2D eigenvalue weighted by Crippen LogP contribution is 2.29. The van der Waals surface area contributed by atoms with E-state index in [4.69, 9.17) is 4.74 Å². The molecule has 1 amide bonds. The van der Waals surface area contributed by atoms with E-state index in [9.17, 15) is 13.2 Å². The zero-order valence-electron chi connectivity index (χ0n) is 23.1. The summed E-state index contributed by atoms with van der Waals surface area (Å²) in [7, 11) is 1.48. The average Bonchev–Trinajstić information content (AvgIpc) is 2.88. The fourth-order valence-corrected chi connectivity index (χ4v) is 7.07. The van der Waals surface area contributed by atoms with Crippen molar-refractivity contribution in [3.05, 3.63) is 29.8 Å². The summed E-state index contributed by atoms with van der Waals surface area (Å²) in [6, 6.07) is 4.20. The van der Waals surface area contributed by atoms with Gasteiger partial charge in [-0.05, 0) is 108 Å². The summed E-state index contributed by atoms with van der Waals surface area (Å²) in [5.74, 6) is 1.21. The standard InChI is InChI=1S/C28H46N4O4S/c1-6-23-20-26(36-5)19-21(2)28(23)37(34,35)32(4)18-14-27(33)30-25-9-7-22(8-10-25)11-15-29-24-12-16-31(3)17-13-24/h6,19-20,22,24-25,29H,1,7-18H2,2-5H3,(H,30,33). The first kappa shape index (κ1) is 29.6. The largest absolute Gasteiger partial charge is 0.497 e. The zero-order chi connectivity index (χ0) is 27.0. The Morgan fingerprint density at radius 2 is 1.84 bits per heavy atom. The van der Waals surface area contributed by atoms with Crippen LogP contribution in [0.1, 0.15) is 62.5 Å². The molecule has 0 unspecified atom stereocenters. The summed E-state index contributed by atoms with van der Waals surface area (Å²) in [5.41, 5.74) is 1.08. The van der Waals surface area contributed by atoms with E-state index in [0.717, 1.165) is 38.1 Å². The molecule has 37 heavy (non-hydrogen) atoms. The van der Waals surface area contributed by atoms with Gasteiger partial charge in [-0.25, -0.2) is 12.7 Å². The van der Waals surface area contributed by atoms with Gasteiger partial charge in [-0.3, -0.25) is 4.79 Å². The molecular weight excluding hydrogens is 488 g/mol. The van der Waals surface area contributed by atoms with Crippen molar-refractivity contribution in [2.75, 3.05) is 47.4 Å². The number of nitrogens with zero attached hydrogens (tertiary/aromatic N) is 2. The molecule has 1 aliphatic carbocycles. The fraction of sp³-hybridized carbons (Fsp3) is 0.679. The Balaban J connectivity index is 1.40. The van der Waals surface area contributed by atoms with Crippen molar-refractivity contribution in [1.82, 2.24) is 19.8 Å². The van der Waals surface area contributed by atoms with Gasteiger partial charge in [0.25, 0.3) is 0 Å². The van der Waals surface area contributed by atoms with E-state index in [0.29, 0.717) is 22.9 Å². The van der Waals surface area contributed by atoms with Gasteiger partial charge in [-0.2, -0.15) is 0 Å². The lowest BCUT2D eigenvalue weighted by atomic mass is 9.84. The molecule has 3 rings (SSSR count). The molecule has 0 radical (unpaired) electrons. The van der Waals surface area contributed by atoms with Gasteiger partial charge in [-0.15, -0.1) is 0 Å². The molecule has 1 aromatic rings. The SMILES string of the molecule is C=Cc1cc(OC)cc(C)c1S(=O)(=O)N(C)CCC(=O)NC1CCC(CCNC2CCN(C)CC2)CC1. The van der Waals surface area contributed by atoms with Gasteiger partial charge in [0.15, 0.2) is 0 Å². The number of carbonyl (C=O) groups excluding carboxylic acids is 1. The number of methoxy groups -OCH3 is 1. The van der Waals surface area contributed by atoms with Crippen LogP contribution in [0.25, 0.3) is 6.08 Å². The first-order chi connectivity index (χ1) is 17.6. The van der Waals surface area contributed by atoms with Gasteiger partial charge in [-0.1, -0.05) is 12.7 Å². The first-order valence-corrected chi connectivity index (χ1v) is 15.1. The predicted molar refractivity (Wildman–Crippen MR) is 149 cm³/mol. The number of rotatable bonds is 12. The average molecular weight is 535 g/mol. The highest BCUT2D eigenvalue weighted by atomic mass is 32.2. The Labute approximate surface area is 223 Å². The second kappa shape index (κ2) is 13.7. The molecule has 1 aromatic carbocycles. The summed E-state index contributed by atoms with van der Waals surface area (Å²) >= 11 is 0. The molecule has 0 atom stereocenters. The molecule has 9 heteroatoms. The van der Waals surface area contributed by atoms with Gasteiger partial charge in [0.1, 0.15) is 5.75 Å². The quantitative estimate of drug-likeness (QED) is 0.427. The van der Waals surface area contributed by atoms with Gasteiger partial charge in [0, 0.05) is 32.1 Å². The molecule has 1 aliphatic heterocycles. The lowest BCUT2D eigenvalue weighted by Crippen LogP contribution is -2.42. The molecule has 0 aromatic heterocycles. The smallest absolute Gasteiger partial charge is 0.243 e. The molecule has 1 saturated heterocycles. The van der Waals surface area contributed by atoms with Crippen molar-refractivity contribution in [2.45, 2.75) is 75.3 Å². The van der Waals surface area contributed by atoms with Gasteiger partial charge < -0.3 is 20.3 Å². The molecule has 2 N–H and O–H groups in total. The lowest BCUT2D eigenvalue weighted by Gasteiger charge is -2.32. The predicted octanol–water partition coefficient (Wildman–Crippen LogP) is 3.41. The minimum absolute atomic E-state index is 0.0927. The van der Waals surface area contributed by atoms with Crippen LogP contribution in [0.4, 0.5) is 0 Å². The monoisotopic (exact) mass is 534 g/mol. The van der Waals surface area contributed by atoms with Crippen LogP contribution in [0.15, 0.2) is 23.6 Å². The number of piperidine rings is 1. The van der Waals surface area contributed by atoms with Gasteiger partial charge >= 0.3 is 0 Å².